The molecule has 148 valence electrons. The van der Waals surface area contributed by atoms with E-state index in [1.807, 2.05) is 6.07 Å². The Kier molecular flexibility index (Phi) is 5.10. The molecule has 3 heterocycles. The highest BCUT2D eigenvalue weighted by Crippen LogP contribution is 2.37. The van der Waals surface area contributed by atoms with E-state index in [-0.39, 0.29) is 5.69 Å². The number of likely N-dealkylation sites (tertiary alicyclic amines) is 1. The Hall–Kier alpha value is -2.41. The van der Waals surface area contributed by atoms with Gasteiger partial charge in [0, 0.05) is 24.0 Å². The van der Waals surface area contributed by atoms with Crippen molar-refractivity contribution in [1.29, 1.82) is 0 Å². The van der Waals surface area contributed by atoms with Crippen molar-refractivity contribution in [3.63, 3.8) is 0 Å². The molecule has 1 fully saturated rings. The van der Waals surface area contributed by atoms with E-state index < -0.39 is 11.7 Å². The van der Waals surface area contributed by atoms with Crippen molar-refractivity contribution < 1.29 is 13.2 Å². The molecule has 0 radical (unpaired) electrons. The van der Waals surface area contributed by atoms with Gasteiger partial charge in [0.1, 0.15) is 5.84 Å². The van der Waals surface area contributed by atoms with E-state index in [1.54, 1.807) is 12.1 Å². The van der Waals surface area contributed by atoms with Crippen LogP contribution in [0, 0.1) is 5.92 Å². The lowest BCUT2D eigenvalue weighted by Gasteiger charge is -2.32. The summed E-state index contributed by atoms with van der Waals surface area (Å²) in [6.07, 6.45) is -0.602. The van der Waals surface area contributed by atoms with Crippen molar-refractivity contribution in [2.75, 3.05) is 25.0 Å². The fourth-order valence-electron chi connectivity index (χ4n) is 3.95. The molecule has 4 rings (SSSR count). The molecule has 7 heteroatoms. The van der Waals surface area contributed by atoms with Crippen LogP contribution in [0.15, 0.2) is 41.5 Å². The van der Waals surface area contributed by atoms with E-state index in [4.69, 9.17) is 0 Å². The monoisotopic (exact) mass is 388 g/mol. The third kappa shape index (κ3) is 4.04. The molecule has 1 atom stereocenters. The number of amidine groups is 1. The van der Waals surface area contributed by atoms with Crippen LogP contribution in [0.5, 0.6) is 0 Å². The van der Waals surface area contributed by atoms with E-state index in [0.717, 1.165) is 42.8 Å². The van der Waals surface area contributed by atoms with Gasteiger partial charge in [-0.1, -0.05) is 19.1 Å². The first-order chi connectivity index (χ1) is 13.4. The Morgan fingerprint density at radius 1 is 1.25 bits per heavy atom. The van der Waals surface area contributed by atoms with Crippen LogP contribution in [-0.2, 0) is 12.7 Å². The predicted molar refractivity (Wildman–Crippen MR) is 104 cm³/mol. The van der Waals surface area contributed by atoms with Crippen LogP contribution in [0.3, 0.4) is 0 Å². The molecule has 2 aliphatic rings. The number of pyridine rings is 1. The van der Waals surface area contributed by atoms with E-state index >= 15 is 0 Å². The average molecular weight is 388 g/mol. The summed E-state index contributed by atoms with van der Waals surface area (Å²) in [5.74, 6) is 1.55. The second kappa shape index (κ2) is 7.54. The molecule has 28 heavy (non-hydrogen) atoms. The molecule has 1 aromatic heterocycles. The molecule has 1 unspecified atom stereocenters. The van der Waals surface area contributed by atoms with Gasteiger partial charge in [0.15, 0.2) is 0 Å². The largest absolute Gasteiger partial charge is 0.418 e. The zero-order valence-corrected chi connectivity index (χ0v) is 15.8. The number of anilines is 1. The van der Waals surface area contributed by atoms with Crippen molar-refractivity contribution in [2.24, 2.45) is 10.9 Å². The molecule has 2 aliphatic heterocycles. The summed E-state index contributed by atoms with van der Waals surface area (Å²) in [6, 6.07) is 7.65. The van der Waals surface area contributed by atoms with Gasteiger partial charge in [-0.05, 0) is 49.1 Å². The first-order valence-electron chi connectivity index (χ1n) is 9.58. The minimum atomic E-state index is -4.44. The van der Waals surface area contributed by atoms with Crippen molar-refractivity contribution >= 4 is 11.5 Å². The predicted octanol–water partition coefficient (Wildman–Crippen LogP) is 4.82. The first kappa shape index (κ1) is 18.9. The lowest BCUT2D eigenvalue weighted by molar-refractivity contribution is -0.137. The second-order valence-corrected chi connectivity index (χ2v) is 7.64. The van der Waals surface area contributed by atoms with Crippen LogP contribution in [0.2, 0.25) is 0 Å². The van der Waals surface area contributed by atoms with Gasteiger partial charge in [0.25, 0.3) is 0 Å². The van der Waals surface area contributed by atoms with Crippen molar-refractivity contribution in [2.45, 2.75) is 32.5 Å². The number of aliphatic imine (C=N–C) groups is 1. The molecule has 1 N–H and O–H groups in total. The number of rotatable bonds is 3. The van der Waals surface area contributed by atoms with Crippen molar-refractivity contribution in [1.82, 2.24) is 9.88 Å². The maximum atomic E-state index is 13.3. The highest BCUT2D eigenvalue weighted by molar-refractivity contribution is 5.99. The lowest BCUT2D eigenvalue weighted by atomic mass is 10.00. The maximum absolute atomic E-state index is 13.3. The third-order valence-corrected chi connectivity index (χ3v) is 5.33. The number of alkyl halides is 3. The number of benzene rings is 1. The first-order valence-corrected chi connectivity index (χ1v) is 9.58. The Morgan fingerprint density at radius 3 is 2.89 bits per heavy atom. The minimum Gasteiger partial charge on any atom is -0.343 e. The minimum absolute atomic E-state index is 0.0477. The van der Waals surface area contributed by atoms with Crippen molar-refractivity contribution in [3.8, 4) is 11.3 Å². The van der Waals surface area contributed by atoms with Gasteiger partial charge in [-0.2, -0.15) is 13.2 Å². The average Bonchev–Trinajstić information content (AvgIpc) is 2.67. The number of aromatic nitrogens is 1. The van der Waals surface area contributed by atoms with E-state index in [9.17, 15) is 13.2 Å². The van der Waals surface area contributed by atoms with Crippen LogP contribution >= 0.6 is 0 Å². The van der Waals surface area contributed by atoms with Gasteiger partial charge >= 0.3 is 6.18 Å². The number of piperidine rings is 1. The highest BCUT2D eigenvalue weighted by Gasteiger charge is 2.34. The van der Waals surface area contributed by atoms with Crippen LogP contribution in [0.25, 0.3) is 11.3 Å². The molecule has 2 aromatic rings. The van der Waals surface area contributed by atoms with Crippen molar-refractivity contribution in [3.05, 3.63) is 47.7 Å². The summed E-state index contributed by atoms with van der Waals surface area (Å²) >= 11 is 0. The number of hydrogen-bond donors (Lipinski definition) is 1. The highest BCUT2D eigenvalue weighted by atomic mass is 19.4. The molecule has 1 aromatic carbocycles. The number of fused-ring (bicyclic) bond motifs is 1. The molecule has 4 nitrogen and oxygen atoms in total. The van der Waals surface area contributed by atoms with Crippen LogP contribution in [0.4, 0.5) is 18.9 Å². The van der Waals surface area contributed by atoms with E-state index in [1.165, 1.54) is 25.1 Å². The number of nitrogens with zero attached hydrogens (tertiary/aromatic N) is 3. The topological polar surface area (TPSA) is 40.5 Å². The Labute approximate surface area is 162 Å². The SMILES string of the molecule is CC1CCCN(CC2=NCc3ccc(-c4ncccc4C(F)(F)F)cc3N2)C1. The molecule has 0 saturated carbocycles. The molecule has 0 bridgehead atoms. The van der Waals surface area contributed by atoms with Gasteiger partial charge in [-0.15, -0.1) is 0 Å². The van der Waals surface area contributed by atoms with Crippen LogP contribution < -0.4 is 5.32 Å². The van der Waals surface area contributed by atoms with Gasteiger partial charge in [-0.25, -0.2) is 0 Å². The van der Waals surface area contributed by atoms with Crippen LogP contribution in [-0.4, -0.2) is 35.4 Å². The third-order valence-electron chi connectivity index (χ3n) is 5.33. The standard InChI is InChI=1S/C21H23F3N4/c1-14-4-3-9-28(12-14)13-19-26-11-16-7-6-15(10-18(16)27-19)20-17(21(22,23)24)5-2-8-25-20/h2,5-8,10,14H,3-4,9,11-13H2,1H3,(H,26,27). The summed E-state index contributed by atoms with van der Waals surface area (Å²) in [6.45, 7) is 5.65. The number of halogens is 3. The zero-order chi connectivity index (χ0) is 19.7. The smallest absolute Gasteiger partial charge is 0.343 e. The van der Waals surface area contributed by atoms with Gasteiger partial charge in [0.05, 0.1) is 24.3 Å². The van der Waals surface area contributed by atoms with Gasteiger partial charge in [-0.3, -0.25) is 14.9 Å². The quantitative estimate of drug-likeness (QED) is 0.819. The molecule has 1 saturated heterocycles. The van der Waals surface area contributed by atoms with E-state index in [2.05, 4.69) is 27.1 Å². The molecular formula is C21H23F3N4. The Morgan fingerprint density at radius 2 is 2.11 bits per heavy atom. The summed E-state index contributed by atoms with van der Waals surface area (Å²) in [5.41, 5.74) is 1.47. The molecule has 0 spiro atoms. The summed E-state index contributed by atoms with van der Waals surface area (Å²) in [5, 5.41) is 3.33. The zero-order valence-electron chi connectivity index (χ0n) is 15.8. The fourth-order valence-corrected chi connectivity index (χ4v) is 3.95. The summed E-state index contributed by atoms with van der Waals surface area (Å²) < 4.78 is 40.0. The second-order valence-electron chi connectivity index (χ2n) is 7.64. The van der Waals surface area contributed by atoms with E-state index in [0.29, 0.717) is 18.0 Å². The Bertz CT molecular complexity index is 891. The normalized spacial score (nSPS) is 20.3. The number of hydrogen-bond acceptors (Lipinski definition) is 4. The summed E-state index contributed by atoms with van der Waals surface area (Å²) in [4.78, 5) is 11.0. The van der Waals surface area contributed by atoms with Gasteiger partial charge < -0.3 is 5.32 Å². The fraction of sp³-hybridized carbons (Fsp3) is 0.429. The Balaban J connectivity index is 1.56. The summed E-state index contributed by atoms with van der Waals surface area (Å²) in [7, 11) is 0. The maximum Gasteiger partial charge on any atom is 0.418 e. The molecule has 0 amide bonds. The van der Waals surface area contributed by atoms with Crippen LogP contribution in [0.1, 0.15) is 30.9 Å². The molecular weight excluding hydrogens is 365 g/mol. The number of nitrogens with one attached hydrogen (secondary N) is 1. The molecule has 0 aliphatic carbocycles. The van der Waals surface area contributed by atoms with Gasteiger partial charge in [0.2, 0.25) is 0 Å². The lowest BCUT2D eigenvalue weighted by Crippen LogP contribution is -2.40.